The summed E-state index contributed by atoms with van der Waals surface area (Å²) >= 11 is 2.26. The fourth-order valence-electron chi connectivity index (χ4n) is 3.08. The Morgan fingerprint density at radius 2 is 1.80 bits per heavy atom. The van der Waals surface area contributed by atoms with E-state index in [1.54, 1.807) is 0 Å². The van der Waals surface area contributed by atoms with Crippen molar-refractivity contribution in [3.05, 3.63) is 33.4 Å². The molecule has 1 aromatic rings. The van der Waals surface area contributed by atoms with Gasteiger partial charge in [-0.05, 0) is 73.4 Å². The third kappa shape index (κ3) is 4.29. The van der Waals surface area contributed by atoms with Crippen molar-refractivity contribution in [1.29, 1.82) is 0 Å². The molecule has 0 atom stereocenters. The summed E-state index contributed by atoms with van der Waals surface area (Å²) in [5.41, 5.74) is 0.833. The van der Waals surface area contributed by atoms with Crippen LogP contribution in [0.5, 0.6) is 0 Å². The van der Waals surface area contributed by atoms with Crippen molar-refractivity contribution < 1.29 is 4.79 Å². The normalized spacial score (nSPS) is 23.0. The van der Waals surface area contributed by atoms with Gasteiger partial charge in [-0.25, -0.2) is 0 Å². The van der Waals surface area contributed by atoms with E-state index < -0.39 is 0 Å². The molecule has 20 heavy (non-hydrogen) atoms. The summed E-state index contributed by atoms with van der Waals surface area (Å²) in [4.78, 5) is 14.5. The zero-order chi connectivity index (χ0) is 14.5. The number of Topliss-reactive ketones (excluding diaryl/α,β-unsaturated/α-hetero) is 1. The Morgan fingerprint density at radius 1 is 1.20 bits per heavy atom. The predicted octanol–water partition coefficient (Wildman–Crippen LogP) is 4.37. The molecule has 0 amide bonds. The number of ketones is 1. The first kappa shape index (κ1) is 16.0. The lowest BCUT2D eigenvalue weighted by Gasteiger charge is -2.34. The first-order chi connectivity index (χ1) is 9.60. The fraction of sp³-hybridized carbons (Fsp3) is 0.588. The number of benzene rings is 1. The molecule has 0 unspecified atom stereocenters. The highest BCUT2D eigenvalue weighted by Crippen LogP contribution is 2.28. The summed E-state index contributed by atoms with van der Waals surface area (Å²) in [5.74, 6) is 1.15. The number of carbonyl (C=O) groups excluding carboxylic acids is 1. The highest BCUT2D eigenvalue weighted by molar-refractivity contribution is 14.1. The maximum Gasteiger partial charge on any atom is 0.176 e. The minimum absolute atomic E-state index is 0.238. The van der Waals surface area contributed by atoms with Gasteiger partial charge in [0.25, 0.3) is 0 Å². The SMILES string of the molecule is CCC1CCC(N(C)CC(=O)c2ccc(I)cc2)CC1. The van der Waals surface area contributed by atoms with Gasteiger partial charge in [-0.1, -0.05) is 25.5 Å². The van der Waals surface area contributed by atoms with Crippen LogP contribution in [0.1, 0.15) is 49.4 Å². The summed E-state index contributed by atoms with van der Waals surface area (Å²) in [7, 11) is 2.10. The van der Waals surface area contributed by atoms with E-state index in [1.165, 1.54) is 35.7 Å². The smallest absolute Gasteiger partial charge is 0.176 e. The maximum absolute atomic E-state index is 12.3. The first-order valence-corrected chi connectivity index (χ1v) is 8.67. The van der Waals surface area contributed by atoms with Crippen molar-refractivity contribution in [1.82, 2.24) is 4.90 Å². The summed E-state index contributed by atoms with van der Waals surface area (Å²) in [6, 6.07) is 8.46. The molecule has 1 saturated carbocycles. The van der Waals surface area contributed by atoms with Gasteiger partial charge in [0.1, 0.15) is 0 Å². The molecule has 0 bridgehead atoms. The van der Waals surface area contributed by atoms with Crippen molar-refractivity contribution in [3.63, 3.8) is 0 Å². The third-order valence-electron chi connectivity index (χ3n) is 4.58. The van der Waals surface area contributed by atoms with Crippen molar-refractivity contribution >= 4 is 28.4 Å². The van der Waals surface area contributed by atoms with Crippen molar-refractivity contribution in [2.45, 2.75) is 45.1 Å². The summed E-state index contributed by atoms with van der Waals surface area (Å²) < 4.78 is 1.17. The fourth-order valence-corrected chi connectivity index (χ4v) is 3.44. The lowest BCUT2D eigenvalue weighted by atomic mass is 9.84. The zero-order valence-electron chi connectivity index (χ0n) is 12.4. The number of nitrogens with zero attached hydrogens (tertiary/aromatic N) is 1. The quantitative estimate of drug-likeness (QED) is 0.554. The van der Waals surface area contributed by atoms with E-state index in [0.717, 1.165) is 11.5 Å². The van der Waals surface area contributed by atoms with Crippen molar-refractivity contribution in [2.75, 3.05) is 13.6 Å². The second-order valence-electron chi connectivity index (χ2n) is 5.93. The van der Waals surface area contributed by atoms with Gasteiger partial charge in [-0.2, -0.15) is 0 Å². The molecule has 0 radical (unpaired) electrons. The molecule has 0 aromatic heterocycles. The van der Waals surface area contributed by atoms with Crippen molar-refractivity contribution in [2.24, 2.45) is 5.92 Å². The summed E-state index contributed by atoms with van der Waals surface area (Å²) in [5, 5.41) is 0. The van der Waals surface area contributed by atoms with E-state index in [4.69, 9.17) is 0 Å². The molecule has 2 rings (SSSR count). The second kappa shape index (κ2) is 7.55. The standard InChI is InChI=1S/C17H24INO/c1-3-13-4-10-16(11-5-13)19(2)12-17(20)14-6-8-15(18)9-7-14/h6-9,13,16H,3-5,10-12H2,1-2H3. The predicted molar refractivity (Wildman–Crippen MR) is 92.2 cm³/mol. The molecule has 0 heterocycles. The monoisotopic (exact) mass is 385 g/mol. The topological polar surface area (TPSA) is 20.3 Å². The highest BCUT2D eigenvalue weighted by atomic mass is 127. The van der Waals surface area contributed by atoms with Crippen LogP contribution in [0.3, 0.4) is 0 Å². The lowest BCUT2D eigenvalue weighted by molar-refractivity contribution is 0.0885. The Balaban J connectivity index is 1.86. The van der Waals surface area contributed by atoms with Gasteiger partial charge < -0.3 is 0 Å². The second-order valence-corrected chi connectivity index (χ2v) is 7.17. The molecular weight excluding hydrogens is 361 g/mol. The van der Waals surface area contributed by atoms with Gasteiger partial charge >= 0.3 is 0 Å². The Bertz CT molecular complexity index is 435. The Hall–Kier alpha value is -0.420. The van der Waals surface area contributed by atoms with Gasteiger partial charge in [-0.3, -0.25) is 9.69 Å². The summed E-state index contributed by atoms with van der Waals surface area (Å²) in [6.45, 7) is 2.83. The Kier molecular flexibility index (Phi) is 6.02. The average Bonchev–Trinajstić information content (AvgIpc) is 2.48. The number of hydrogen-bond donors (Lipinski definition) is 0. The van der Waals surface area contributed by atoms with Crippen LogP contribution in [-0.4, -0.2) is 30.3 Å². The van der Waals surface area contributed by atoms with E-state index in [1.807, 2.05) is 24.3 Å². The molecule has 1 fully saturated rings. The lowest BCUT2D eigenvalue weighted by Crippen LogP contribution is -2.38. The molecule has 0 saturated heterocycles. The number of likely N-dealkylation sites (N-methyl/N-ethyl adjacent to an activating group) is 1. The van der Waals surface area contributed by atoms with Gasteiger partial charge in [-0.15, -0.1) is 0 Å². The molecule has 2 nitrogen and oxygen atoms in total. The number of halogens is 1. The van der Waals surface area contributed by atoms with Gasteiger partial charge in [0, 0.05) is 15.2 Å². The molecule has 110 valence electrons. The van der Waals surface area contributed by atoms with Crippen LogP contribution in [0.2, 0.25) is 0 Å². The minimum Gasteiger partial charge on any atom is -0.296 e. The molecule has 0 aliphatic heterocycles. The van der Waals surface area contributed by atoms with Crippen LogP contribution in [0.15, 0.2) is 24.3 Å². The van der Waals surface area contributed by atoms with Crippen LogP contribution in [0, 0.1) is 9.49 Å². The van der Waals surface area contributed by atoms with Crippen LogP contribution < -0.4 is 0 Å². The summed E-state index contributed by atoms with van der Waals surface area (Å²) in [6.07, 6.45) is 6.44. The van der Waals surface area contributed by atoms with E-state index in [9.17, 15) is 4.79 Å². The molecule has 1 aliphatic carbocycles. The molecule has 1 aromatic carbocycles. The zero-order valence-corrected chi connectivity index (χ0v) is 14.6. The Labute approximate surface area is 136 Å². The largest absolute Gasteiger partial charge is 0.296 e. The molecule has 3 heteroatoms. The van der Waals surface area contributed by atoms with E-state index in [-0.39, 0.29) is 5.78 Å². The molecule has 0 N–H and O–H groups in total. The van der Waals surface area contributed by atoms with Gasteiger partial charge in [0.05, 0.1) is 6.54 Å². The molecule has 0 spiro atoms. The number of hydrogen-bond acceptors (Lipinski definition) is 2. The number of rotatable bonds is 5. The highest BCUT2D eigenvalue weighted by Gasteiger charge is 2.24. The first-order valence-electron chi connectivity index (χ1n) is 7.59. The van der Waals surface area contributed by atoms with E-state index in [2.05, 4.69) is 41.5 Å². The van der Waals surface area contributed by atoms with E-state index in [0.29, 0.717) is 12.6 Å². The van der Waals surface area contributed by atoms with Gasteiger partial charge in [0.2, 0.25) is 0 Å². The van der Waals surface area contributed by atoms with E-state index >= 15 is 0 Å². The van der Waals surface area contributed by atoms with Crippen molar-refractivity contribution in [3.8, 4) is 0 Å². The average molecular weight is 385 g/mol. The number of carbonyl (C=O) groups is 1. The van der Waals surface area contributed by atoms with Crippen LogP contribution in [-0.2, 0) is 0 Å². The van der Waals surface area contributed by atoms with Crippen LogP contribution >= 0.6 is 22.6 Å². The Morgan fingerprint density at radius 3 is 2.35 bits per heavy atom. The molecule has 1 aliphatic rings. The maximum atomic E-state index is 12.3. The minimum atomic E-state index is 0.238. The van der Waals surface area contributed by atoms with Crippen LogP contribution in [0.25, 0.3) is 0 Å². The third-order valence-corrected chi connectivity index (χ3v) is 5.30. The van der Waals surface area contributed by atoms with Crippen LogP contribution in [0.4, 0.5) is 0 Å². The van der Waals surface area contributed by atoms with Gasteiger partial charge in [0.15, 0.2) is 5.78 Å². The molecular formula is C17H24INO.